The highest BCUT2D eigenvalue weighted by molar-refractivity contribution is 9.10. The normalized spacial score (nSPS) is 10.6. The van der Waals surface area contributed by atoms with E-state index in [1.54, 1.807) is 4.68 Å². The number of nitrogens with one attached hydrogen (secondary N) is 1. The molecule has 0 aliphatic heterocycles. The maximum absolute atomic E-state index is 4.03. The molecule has 3 aromatic rings. The molecule has 0 aliphatic carbocycles. The summed E-state index contributed by atoms with van der Waals surface area (Å²) in [6.45, 7) is 2.72. The van der Waals surface area contributed by atoms with Crippen LogP contribution in [-0.4, -0.2) is 20.2 Å². The summed E-state index contributed by atoms with van der Waals surface area (Å²) < 4.78 is 2.76. The Kier molecular flexibility index (Phi) is 3.96. The van der Waals surface area contributed by atoms with Crippen LogP contribution in [0, 0.1) is 6.92 Å². The second-order valence-electron chi connectivity index (χ2n) is 4.73. The van der Waals surface area contributed by atoms with E-state index in [1.807, 2.05) is 36.4 Å². The van der Waals surface area contributed by atoms with E-state index in [0.717, 1.165) is 15.7 Å². The molecular formula is C15H14BrN5. The third-order valence-electron chi connectivity index (χ3n) is 3.11. The zero-order valence-corrected chi connectivity index (χ0v) is 13.1. The molecule has 0 unspecified atom stereocenters. The Morgan fingerprint density at radius 3 is 2.48 bits per heavy atom. The van der Waals surface area contributed by atoms with Gasteiger partial charge in [-0.3, -0.25) is 0 Å². The molecule has 1 N–H and O–H groups in total. The number of tetrazole rings is 1. The first-order chi connectivity index (χ1) is 10.2. The fourth-order valence-electron chi connectivity index (χ4n) is 1.94. The minimum atomic E-state index is 0.627. The van der Waals surface area contributed by atoms with Crippen LogP contribution < -0.4 is 5.32 Å². The molecule has 3 rings (SSSR count). The number of aryl methyl sites for hydroxylation is 1. The molecule has 0 spiro atoms. The van der Waals surface area contributed by atoms with Crippen molar-refractivity contribution in [1.29, 1.82) is 0 Å². The summed E-state index contributed by atoms with van der Waals surface area (Å²) in [5, 5.41) is 15.1. The summed E-state index contributed by atoms with van der Waals surface area (Å²) in [6.07, 6.45) is 0. The number of hydrogen-bond acceptors (Lipinski definition) is 4. The lowest BCUT2D eigenvalue weighted by molar-refractivity contribution is 0.789. The lowest BCUT2D eigenvalue weighted by Crippen LogP contribution is -2.07. The second-order valence-corrected chi connectivity index (χ2v) is 5.65. The summed E-state index contributed by atoms with van der Waals surface area (Å²) >= 11 is 3.43. The van der Waals surface area contributed by atoms with Crippen molar-refractivity contribution in [3.05, 3.63) is 64.1 Å². The third-order valence-corrected chi connectivity index (χ3v) is 3.64. The molecule has 2 aromatic carbocycles. The Balaban J connectivity index is 1.76. The second kappa shape index (κ2) is 6.05. The summed E-state index contributed by atoms with van der Waals surface area (Å²) in [7, 11) is 0. The van der Waals surface area contributed by atoms with Gasteiger partial charge in [0.2, 0.25) is 5.95 Å². The van der Waals surface area contributed by atoms with Gasteiger partial charge in [0.15, 0.2) is 0 Å². The van der Waals surface area contributed by atoms with E-state index >= 15 is 0 Å². The van der Waals surface area contributed by atoms with Crippen molar-refractivity contribution in [3.63, 3.8) is 0 Å². The maximum Gasteiger partial charge on any atom is 0.248 e. The van der Waals surface area contributed by atoms with Gasteiger partial charge >= 0.3 is 0 Å². The average molecular weight is 344 g/mol. The quantitative estimate of drug-likeness (QED) is 0.789. The third kappa shape index (κ3) is 3.28. The van der Waals surface area contributed by atoms with Crippen molar-refractivity contribution in [2.45, 2.75) is 13.5 Å². The average Bonchev–Trinajstić information content (AvgIpc) is 2.96. The van der Waals surface area contributed by atoms with Crippen LogP contribution in [0.3, 0.4) is 0 Å². The molecule has 1 aromatic heterocycles. The SMILES string of the molecule is Cc1ccc(-n2nnnc2NCc2ccc(Br)cc2)cc1. The number of benzene rings is 2. The lowest BCUT2D eigenvalue weighted by atomic mass is 10.2. The van der Waals surface area contributed by atoms with E-state index < -0.39 is 0 Å². The van der Waals surface area contributed by atoms with Crippen molar-refractivity contribution in [2.24, 2.45) is 0 Å². The molecule has 0 saturated carbocycles. The molecule has 0 bridgehead atoms. The van der Waals surface area contributed by atoms with E-state index in [4.69, 9.17) is 0 Å². The topological polar surface area (TPSA) is 55.6 Å². The molecule has 0 aliphatic rings. The fourth-order valence-corrected chi connectivity index (χ4v) is 2.20. The van der Waals surface area contributed by atoms with E-state index in [-0.39, 0.29) is 0 Å². The van der Waals surface area contributed by atoms with Crippen molar-refractivity contribution >= 4 is 21.9 Å². The van der Waals surface area contributed by atoms with Gasteiger partial charge in [-0.05, 0) is 47.2 Å². The van der Waals surface area contributed by atoms with Crippen molar-refractivity contribution < 1.29 is 0 Å². The van der Waals surface area contributed by atoms with Gasteiger partial charge in [-0.25, -0.2) is 0 Å². The highest BCUT2D eigenvalue weighted by Gasteiger charge is 2.07. The van der Waals surface area contributed by atoms with Crippen LogP contribution in [0.5, 0.6) is 0 Å². The molecule has 1 heterocycles. The predicted molar refractivity (Wildman–Crippen MR) is 85.4 cm³/mol. The Labute approximate surface area is 131 Å². The number of halogens is 1. The predicted octanol–water partition coefficient (Wildman–Crippen LogP) is 3.35. The molecule has 21 heavy (non-hydrogen) atoms. The van der Waals surface area contributed by atoms with Gasteiger partial charge in [-0.1, -0.05) is 50.9 Å². The highest BCUT2D eigenvalue weighted by Crippen LogP contribution is 2.14. The molecule has 6 heteroatoms. The largest absolute Gasteiger partial charge is 0.349 e. The van der Waals surface area contributed by atoms with Crippen LogP contribution in [0.25, 0.3) is 5.69 Å². The molecule has 0 radical (unpaired) electrons. The summed E-state index contributed by atoms with van der Waals surface area (Å²) in [4.78, 5) is 0. The molecule has 106 valence electrons. The van der Waals surface area contributed by atoms with Crippen LogP contribution in [0.2, 0.25) is 0 Å². The van der Waals surface area contributed by atoms with Gasteiger partial charge in [0, 0.05) is 11.0 Å². The summed E-state index contributed by atoms with van der Waals surface area (Å²) in [5.41, 5.74) is 3.30. The van der Waals surface area contributed by atoms with E-state index in [2.05, 4.69) is 55.8 Å². The first-order valence-electron chi connectivity index (χ1n) is 6.56. The van der Waals surface area contributed by atoms with Crippen molar-refractivity contribution in [3.8, 4) is 5.69 Å². The minimum absolute atomic E-state index is 0.627. The number of nitrogens with zero attached hydrogens (tertiary/aromatic N) is 4. The molecule has 5 nitrogen and oxygen atoms in total. The Bertz CT molecular complexity index is 719. The Morgan fingerprint density at radius 1 is 1.05 bits per heavy atom. The molecule has 0 atom stereocenters. The first kappa shape index (κ1) is 13.8. The highest BCUT2D eigenvalue weighted by atomic mass is 79.9. The van der Waals surface area contributed by atoms with Gasteiger partial charge in [0.25, 0.3) is 0 Å². The summed E-state index contributed by atoms with van der Waals surface area (Å²) in [6, 6.07) is 16.2. The Morgan fingerprint density at radius 2 is 1.76 bits per heavy atom. The Hall–Kier alpha value is -2.21. The molecule has 0 fully saturated rings. The smallest absolute Gasteiger partial charge is 0.248 e. The van der Waals surface area contributed by atoms with Crippen molar-refractivity contribution in [2.75, 3.05) is 5.32 Å². The molecular weight excluding hydrogens is 330 g/mol. The number of rotatable bonds is 4. The van der Waals surface area contributed by atoms with Crippen LogP contribution in [0.15, 0.2) is 53.0 Å². The first-order valence-corrected chi connectivity index (χ1v) is 7.35. The van der Waals surface area contributed by atoms with Crippen LogP contribution in [0.1, 0.15) is 11.1 Å². The van der Waals surface area contributed by atoms with E-state index in [9.17, 15) is 0 Å². The van der Waals surface area contributed by atoms with Crippen molar-refractivity contribution in [1.82, 2.24) is 20.2 Å². The van der Waals surface area contributed by atoms with Gasteiger partial charge in [-0.15, -0.1) is 0 Å². The van der Waals surface area contributed by atoms with E-state index in [1.165, 1.54) is 5.56 Å². The van der Waals surface area contributed by atoms with Crippen LogP contribution in [0.4, 0.5) is 5.95 Å². The summed E-state index contributed by atoms with van der Waals surface area (Å²) in [5.74, 6) is 0.627. The van der Waals surface area contributed by atoms with Gasteiger partial charge < -0.3 is 5.32 Å². The molecule has 0 saturated heterocycles. The van der Waals surface area contributed by atoms with E-state index in [0.29, 0.717) is 12.5 Å². The number of anilines is 1. The van der Waals surface area contributed by atoms with Gasteiger partial charge in [0.1, 0.15) is 0 Å². The monoisotopic (exact) mass is 343 g/mol. The van der Waals surface area contributed by atoms with Gasteiger partial charge in [-0.2, -0.15) is 4.68 Å². The fraction of sp³-hybridized carbons (Fsp3) is 0.133. The molecule has 0 amide bonds. The minimum Gasteiger partial charge on any atom is -0.349 e. The maximum atomic E-state index is 4.03. The number of hydrogen-bond donors (Lipinski definition) is 1. The number of aromatic nitrogens is 4. The zero-order valence-electron chi connectivity index (χ0n) is 11.5. The standard InChI is InChI=1S/C15H14BrN5/c1-11-2-8-14(9-3-11)21-15(18-19-20-21)17-10-12-4-6-13(16)7-5-12/h2-9H,10H2,1H3,(H,17,18,20). The lowest BCUT2D eigenvalue weighted by Gasteiger charge is -2.07. The van der Waals surface area contributed by atoms with Crippen LogP contribution >= 0.6 is 15.9 Å². The van der Waals surface area contributed by atoms with Gasteiger partial charge in [0.05, 0.1) is 5.69 Å². The van der Waals surface area contributed by atoms with Crippen LogP contribution in [-0.2, 0) is 6.54 Å². The zero-order chi connectivity index (χ0) is 14.7.